The van der Waals surface area contributed by atoms with Crippen LogP contribution in [-0.2, 0) is 51.5 Å². The Morgan fingerprint density at radius 2 is 1.22 bits per heavy atom. The molecular formula is C41H69F2N2O12P. The van der Waals surface area contributed by atoms with Crippen LogP contribution in [0.3, 0.4) is 0 Å². The molecule has 17 heteroatoms. The molecule has 1 aromatic rings. The Balaban J connectivity index is 2.02. The summed E-state index contributed by atoms with van der Waals surface area (Å²) in [7, 11) is -4.85. The fraction of sp³-hybridized carbons (Fsp3) is 0.829. The summed E-state index contributed by atoms with van der Waals surface area (Å²) in [5, 5.41) is 0. The Labute approximate surface area is 343 Å². The highest BCUT2D eigenvalue weighted by atomic mass is 31.2. The molecule has 1 aliphatic rings. The van der Waals surface area contributed by atoms with Crippen molar-refractivity contribution in [2.24, 2.45) is 10.8 Å². The molecule has 1 fully saturated rings. The minimum absolute atomic E-state index is 0.141. The third-order valence-electron chi connectivity index (χ3n) is 9.49. The summed E-state index contributed by atoms with van der Waals surface area (Å²) in [5.41, 5.74) is -2.68. The van der Waals surface area contributed by atoms with Gasteiger partial charge in [0.25, 0.3) is 0 Å². The van der Waals surface area contributed by atoms with Crippen LogP contribution in [0.15, 0.2) is 17.1 Å². The smallest absolute Gasteiger partial charge is 0.453 e. The number of alkyl halides is 2. The maximum Gasteiger partial charge on any atom is 0.480 e. The third kappa shape index (κ3) is 18.6. The van der Waals surface area contributed by atoms with Crippen LogP contribution in [-0.4, -0.2) is 65.8 Å². The number of aromatic nitrogens is 2. The van der Waals surface area contributed by atoms with Crippen molar-refractivity contribution >= 4 is 25.7 Å². The van der Waals surface area contributed by atoms with E-state index in [4.69, 9.17) is 32.5 Å². The molecule has 58 heavy (non-hydrogen) atoms. The van der Waals surface area contributed by atoms with E-state index in [1.54, 1.807) is 41.5 Å². The molecule has 1 saturated heterocycles. The van der Waals surface area contributed by atoms with E-state index in [1.807, 2.05) is 0 Å². The highest BCUT2D eigenvalue weighted by molar-refractivity contribution is 7.48. The summed E-state index contributed by atoms with van der Waals surface area (Å²) >= 11 is 0. The summed E-state index contributed by atoms with van der Waals surface area (Å²) in [6, 6.07) is 1.33. The zero-order valence-electron chi connectivity index (χ0n) is 36.0. The van der Waals surface area contributed by atoms with Gasteiger partial charge in [-0.2, -0.15) is 13.8 Å². The van der Waals surface area contributed by atoms with Gasteiger partial charge in [0.2, 0.25) is 19.8 Å². The molecule has 0 bridgehead atoms. The number of phosphoric ester groups is 1. The van der Waals surface area contributed by atoms with Gasteiger partial charge in [-0.3, -0.25) is 23.5 Å². The lowest BCUT2D eigenvalue weighted by atomic mass is 9.98. The van der Waals surface area contributed by atoms with Gasteiger partial charge in [-0.15, -0.1) is 0 Å². The monoisotopic (exact) mass is 850 g/mol. The number of phosphoric acid groups is 1. The van der Waals surface area contributed by atoms with Gasteiger partial charge in [0.1, 0.15) is 6.10 Å². The van der Waals surface area contributed by atoms with Crippen LogP contribution >= 0.6 is 7.82 Å². The molecule has 1 aromatic heterocycles. The molecule has 1 aliphatic heterocycles. The van der Waals surface area contributed by atoms with Crippen molar-refractivity contribution in [1.29, 1.82) is 0 Å². The van der Waals surface area contributed by atoms with E-state index in [2.05, 4.69) is 11.9 Å². The normalized spacial score (nSPS) is 18.3. The number of rotatable bonds is 28. The summed E-state index contributed by atoms with van der Waals surface area (Å²) in [6.45, 7) is 10.3. The number of unbranched alkanes of at least 4 members (excludes halogenated alkanes) is 15. The topological polar surface area (TPSA) is 168 Å². The quantitative estimate of drug-likeness (QED) is 0.0257. The molecule has 2 heterocycles. The fourth-order valence-electron chi connectivity index (χ4n) is 5.94. The van der Waals surface area contributed by atoms with Crippen LogP contribution in [0.4, 0.5) is 8.78 Å². The largest absolute Gasteiger partial charge is 0.480 e. The van der Waals surface area contributed by atoms with Crippen LogP contribution in [0.25, 0.3) is 0 Å². The van der Waals surface area contributed by atoms with Crippen LogP contribution in [0.5, 0.6) is 0 Å². The van der Waals surface area contributed by atoms with Gasteiger partial charge in [0.05, 0.1) is 17.4 Å². The first-order valence-corrected chi connectivity index (χ1v) is 22.3. The first kappa shape index (κ1) is 51.4. The Kier molecular flexibility index (Phi) is 22.2. The number of halogens is 2. The Hall–Kier alpha value is -2.78. The van der Waals surface area contributed by atoms with Crippen LogP contribution in [0.1, 0.15) is 170 Å². The van der Waals surface area contributed by atoms with Crippen molar-refractivity contribution in [3.05, 3.63) is 28.4 Å². The second-order valence-corrected chi connectivity index (χ2v) is 18.7. The zero-order chi connectivity index (χ0) is 43.4. The van der Waals surface area contributed by atoms with E-state index < -0.39 is 86.8 Å². The predicted molar refractivity (Wildman–Crippen MR) is 213 cm³/mol. The Morgan fingerprint density at radius 3 is 1.66 bits per heavy atom. The molecule has 0 N–H and O–H groups in total. The van der Waals surface area contributed by atoms with Crippen molar-refractivity contribution in [1.82, 2.24) is 9.55 Å². The van der Waals surface area contributed by atoms with Gasteiger partial charge in [-0.05, 0) is 61.0 Å². The molecule has 1 unspecified atom stereocenters. The molecule has 0 aliphatic carbocycles. The average molecular weight is 851 g/mol. The highest BCUT2D eigenvalue weighted by Crippen LogP contribution is 2.52. The Bertz CT molecular complexity index is 1470. The summed E-state index contributed by atoms with van der Waals surface area (Å²) < 4.78 is 83.0. The summed E-state index contributed by atoms with van der Waals surface area (Å²) in [4.78, 5) is 53.9. The lowest BCUT2D eigenvalue weighted by molar-refractivity contribution is -0.176. The molecule has 0 spiro atoms. The van der Waals surface area contributed by atoms with Gasteiger partial charge < -0.3 is 18.9 Å². The number of carbonyl (C=O) groups is 3. The summed E-state index contributed by atoms with van der Waals surface area (Å²) in [5.74, 6) is -6.37. The van der Waals surface area contributed by atoms with Crippen LogP contribution < -0.4 is 5.69 Å². The van der Waals surface area contributed by atoms with Gasteiger partial charge in [0, 0.05) is 18.3 Å². The molecule has 3 atom stereocenters. The standard InChI is InChI=1S/C41H69F2N2O12P/c1-9-10-11-12-13-14-15-16-17-18-19-20-21-22-23-24-25-33(46)57-34-32(56-35(41(34,42)43)45-27-26-31(2)44-38(45)49)28-53-58(50,54-29-51-36(47)39(3,4)5)55-30-52-37(48)40(6,7)8/h26-27,32,34-35H,9-25,28-30H2,1-8H3/t32-,34?,35-/m1/s1. The fourth-order valence-corrected chi connectivity index (χ4v) is 6.86. The molecule has 14 nitrogen and oxygen atoms in total. The van der Waals surface area contributed by atoms with E-state index in [0.717, 1.165) is 31.9 Å². The van der Waals surface area contributed by atoms with Crippen LogP contribution in [0, 0.1) is 17.8 Å². The second kappa shape index (κ2) is 25.1. The highest BCUT2D eigenvalue weighted by Gasteiger charge is 2.63. The maximum absolute atomic E-state index is 16.1. The Morgan fingerprint density at radius 1 is 0.776 bits per heavy atom. The lowest BCUT2D eigenvalue weighted by Gasteiger charge is -2.25. The van der Waals surface area contributed by atoms with E-state index >= 15 is 8.78 Å². The maximum atomic E-state index is 16.1. The van der Waals surface area contributed by atoms with Crippen molar-refractivity contribution in [2.75, 3.05) is 20.2 Å². The van der Waals surface area contributed by atoms with Crippen molar-refractivity contribution in [3.8, 4) is 0 Å². The van der Waals surface area contributed by atoms with Gasteiger partial charge >= 0.3 is 37.3 Å². The molecule has 0 saturated carbocycles. The van der Waals surface area contributed by atoms with Crippen molar-refractivity contribution in [2.45, 2.75) is 189 Å². The number of esters is 3. The number of hydrogen-bond acceptors (Lipinski definition) is 13. The predicted octanol–water partition coefficient (Wildman–Crippen LogP) is 9.90. The number of nitrogens with zero attached hydrogens (tertiary/aromatic N) is 2. The molecule has 0 aromatic carbocycles. The van der Waals surface area contributed by atoms with Crippen LogP contribution in [0.2, 0.25) is 0 Å². The van der Waals surface area contributed by atoms with E-state index in [-0.39, 0.29) is 12.1 Å². The third-order valence-corrected chi connectivity index (χ3v) is 10.8. The number of carbonyl (C=O) groups excluding carboxylic acids is 3. The molecule has 0 amide bonds. The van der Waals surface area contributed by atoms with E-state index in [1.165, 1.54) is 77.2 Å². The number of aryl methyl sites for hydroxylation is 1. The first-order chi connectivity index (χ1) is 27.2. The lowest BCUT2D eigenvalue weighted by Crippen LogP contribution is -2.44. The minimum Gasteiger partial charge on any atom is -0.453 e. The molecule has 2 rings (SSSR count). The van der Waals surface area contributed by atoms with Crippen molar-refractivity contribution < 1.29 is 60.2 Å². The molecule has 0 radical (unpaired) electrons. The van der Waals surface area contributed by atoms with Gasteiger partial charge in [-0.25, -0.2) is 18.4 Å². The molecule has 334 valence electrons. The number of ether oxygens (including phenoxy) is 4. The average Bonchev–Trinajstić information content (AvgIpc) is 3.37. The van der Waals surface area contributed by atoms with Crippen molar-refractivity contribution in [3.63, 3.8) is 0 Å². The second-order valence-electron chi connectivity index (χ2n) is 17.0. The van der Waals surface area contributed by atoms with E-state index in [9.17, 15) is 23.7 Å². The molecular weight excluding hydrogens is 781 g/mol. The van der Waals surface area contributed by atoms with Gasteiger partial charge in [-0.1, -0.05) is 103 Å². The number of hydrogen-bond donors (Lipinski definition) is 0. The zero-order valence-corrected chi connectivity index (χ0v) is 36.9. The SMILES string of the molecule is CCCCCCCCCCCCCCCCCCC(=O)OC1[C@@H](COP(=O)(OCOC(=O)C(C)(C)C)OCOC(=O)C(C)(C)C)O[C@@H](n2ccc(C)nc2=O)C1(F)F. The van der Waals surface area contributed by atoms with Gasteiger partial charge in [0.15, 0.2) is 6.10 Å². The summed E-state index contributed by atoms with van der Waals surface area (Å²) in [6.07, 6.45) is 12.8. The minimum atomic E-state index is -4.85. The van der Waals surface area contributed by atoms with E-state index in [0.29, 0.717) is 17.4 Å². The first-order valence-electron chi connectivity index (χ1n) is 20.9.